The number of halogens is 1. The molecule has 0 saturated carbocycles. The highest BCUT2D eigenvalue weighted by molar-refractivity contribution is 7.49. The molecule has 0 bridgehead atoms. The lowest BCUT2D eigenvalue weighted by Gasteiger charge is -2.41. The van der Waals surface area contributed by atoms with Gasteiger partial charge in [-0.25, -0.2) is 8.96 Å². The Bertz CT molecular complexity index is 1070. The zero-order chi connectivity index (χ0) is 27.0. The third-order valence-corrected chi connectivity index (χ3v) is 6.11. The minimum absolute atomic E-state index is 0.155. The summed E-state index contributed by atoms with van der Waals surface area (Å²) in [5.41, 5.74) is 0. The molecule has 1 saturated heterocycles. The van der Waals surface area contributed by atoms with Crippen molar-refractivity contribution < 1.29 is 55.9 Å². The van der Waals surface area contributed by atoms with Crippen LogP contribution in [0, 0.1) is 0 Å². The van der Waals surface area contributed by atoms with Crippen LogP contribution in [0.15, 0.2) is 60.7 Å². The molecule has 0 amide bonds. The predicted octanol–water partition coefficient (Wildman–Crippen LogP) is 3.76. The van der Waals surface area contributed by atoms with Crippen molar-refractivity contribution in [3.05, 3.63) is 60.7 Å². The SMILES string of the molecule is CC(=O)O[C@@H]1O[C@H](COP(=O)(Oc2ccccc2)Oc2ccccc2)[C@@H](OC(C)=O)[C@H](OC(C)=O)[C@H]1F. The van der Waals surface area contributed by atoms with Crippen LogP contribution >= 0.6 is 7.82 Å². The van der Waals surface area contributed by atoms with Crippen molar-refractivity contribution >= 4 is 25.7 Å². The zero-order valence-electron chi connectivity index (χ0n) is 20.2. The van der Waals surface area contributed by atoms with Crippen LogP contribution in [0.4, 0.5) is 4.39 Å². The van der Waals surface area contributed by atoms with Gasteiger partial charge in [-0.2, -0.15) is 0 Å². The molecule has 1 heterocycles. The van der Waals surface area contributed by atoms with Gasteiger partial charge in [0.1, 0.15) is 17.6 Å². The quantitative estimate of drug-likeness (QED) is 0.248. The topological polar surface area (TPSA) is 133 Å². The highest BCUT2D eigenvalue weighted by Crippen LogP contribution is 2.50. The average molecular weight is 540 g/mol. The van der Waals surface area contributed by atoms with Gasteiger partial charge in [-0.1, -0.05) is 36.4 Å². The summed E-state index contributed by atoms with van der Waals surface area (Å²) in [6.45, 7) is 2.43. The van der Waals surface area contributed by atoms with E-state index in [1.807, 2.05) is 0 Å². The maximum atomic E-state index is 15.1. The molecule has 2 aromatic rings. The van der Waals surface area contributed by atoms with Gasteiger partial charge in [0.15, 0.2) is 12.2 Å². The van der Waals surface area contributed by atoms with Crippen molar-refractivity contribution in [1.29, 1.82) is 0 Å². The Morgan fingerprint density at radius 2 is 1.24 bits per heavy atom. The van der Waals surface area contributed by atoms with Crippen molar-refractivity contribution in [2.75, 3.05) is 6.61 Å². The van der Waals surface area contributed by atoms with E-state index in [0.717, 1.165) is 20.8 Å². The predicted molar refractivity (Wildman–Crippen MR) is 124 cm³/mol. The second-order valence-electron chi connectivity index (χ2n) is 7.80. The summed E-state index contributed by atoms with van der Waals surface area (Å²) in [5.74, 6) is -2.31. The molecule has 0 radical (unpaired) electrons. The molecule has 0 aromatic heterocycles. The van der Waals surface area contributed by atoms with E-state index in [1.165, 1.54) is 24.3 Å². The number of esters is 3. The Kier molecular flexibility index (Phi) is 9.62. The summed E-state index contributed by atoms with van der Waals surface area (Å²) in [6.07, 6.45) is -8.74. The maximum Gasteiger partial charge on any atom is 0.587 e. The molecule has 5 atom stereocenters. The van der Waals surface area contributed by atoms with Gasteiger partial charge in [0.25, 0.3) is 0 Å². The molecule has 3 rings (SSSR count). The van der Waals surface area contributed by atoms with E-state index < -0.39 is 63.1 Å². The zero-order valence-corrected chi connectivity index (χ0v) is 21.1. The third kappa shape index (κ3) is 8.28. The van der Waals surface area contributed by atoms with Gasteiger partial charge in [-0.05, 0) is 24.3 Å². The van der Waals surface area contributed by atoms with Gasteiger partial charge in [0.05, 0.1) is 6.61 Å². The van der Waals surface area contributed by atoms with Crippen molar-refractivity contribution in [1.82, 2.24) is 0 Å². The lowest BCUT2D eigenvalue weighted by Crippen LogP contribution is -2.60. The van der Waals surface area contributed by atoms with Crippen LogP contribution in [0.25, 0.3) is 0 Å². The number of phosphoric ester groups is 1. The van der Waals surface area contributed by atoms with E-state index in [9.17, 15) is 18.9 Å². The van der Waals surface area contributed by atoms with Crippen LogP contribution in [0.5, 0.6) is 11.5 Å². The number of carbonyl (C=O) groups is 3. The van der Waals surface area contributed by atoms with Crippen molar-refractivity contribution in [3.63, 3.8) is 0 Å². The van der Waals surface area contributed by atoms with Crippen LogP contribution in [-0.2, 0) is 42.4 Å². The number of carbonyl (C=O) groups excluding carboxylic acids is 3. The number of rotatable bonds is 10. The third-order valence-electron chi connectivity index (χ3n) is 4.78. The minimum Gasteiger partial charge on any atom is -0.456 e. The number of para-hydroxylation sites is 2. The number of ether oxygens (including phenoxy) is 4. The van der Waals surface area contributed by atoms with E-state index in [4.69, 9.17) is 32.5 Å². The molecule has 13 heteroatoms. The highest BCUT2D eigenvalue weighted by atomic mass is 31.2. The summed E-state index contributed by atoms with van der Waals surface area (Å²) in [6, 6.07) is 16.1. The first kappa shape index (κ1) is 28.1. The smallest absolute Gasteiger partial charge is 0.456 e. The molecule has 0 spiro atoms. The summed E-state index contributed by atoms with van der Waals surface area (Å²) < 4.78 is 65.9. The van der Waals surface area contributed by atoms with Gasteiger partial charge >= 0.3 is 25.7 Å². The lowest BCUT2D eigenvalue weighted by atomic mass is 9.99. The molecular weight excluding hydrogens is 514 g/mol. The van der Waals surface area contributed by atoms with E-state index >= 15 is 4.39 Å². The molecule has 1 fully saturated rings. The van der Waals surface area contributed by atoms with E-state index in [0.29, 0.717) is 0 Å². The average Bonchev–Trinajstić information content (AvgIpc) is 2.83. The van der Waals surface area contributed by atoms with Crippen LogP contribution in [-0.4, -0.2) is 55.3 Å². The van der Waals surface area contributed by atoms with Crippen LogP contribution in [0.1, 0.15) is 20.8 Å². The van der Waals surface area contributed by atoms with E-state index in [1.54, 1.807) is 36.4 Å². The van der Waals surface area contributed by atoms with Crippen LogP contribution < -0.4 is 9.05 Å². The number of benzene rings is 2. The Hall–Kier alpha value is -3.47. The summed E-state index contributed by atoms with van der Waals surface area (Å²) in [7, 11) is -4.43. The summed E-state index contributed by atoms with van der Waals surface area (Å²) in [5, 5.41) is 0. The molecule has 0 N–H and O–H groups in total. The Morgan fingerprint density at radius 3 is 1.70 bits per heavy atom. The first-order valence-corrected chi connectivity index (χ1v) is 12.6. The maximum absolute atomic E-state index is 15.1. The summed E-state index contributed by atoms with van der Waals surface area (Å²) in [4.78, 5) is 34.9. The largest absolute Gasteiger partial charge is 0.587 e. The second-order valence-corrected chi connectivity index (χ2v) is 9.31. The van der Waals surface area contributed by atoms with Crippen molar-refractivity contribution in [2.24, 2.45) is 0 Å². The summed E-state index contributed by atoms with van der Waals surface area (Å²) >= 11 is 0. The van der Waals surface area contributed by atoms with Gasteiger partial charge < -0.3 is 28.0 Å². The fourth-order valence-electron chi connectivity index (χ4n) is 3.38. The molecule has 1 aliphatic heterocycles. The standard InChI is InChI=1S/C24H26FO11P/c1-15(26)31-22-20(34-24(33-17(3)28)21(25)23(22)32-16(2)27)14-30-37(29,35-18-10-6-4-7-11-18)36-19-12-8-5-9-13-19/h4-13,20-24H,14H2,1-3H3/t20-,21-,22-,23-,24-/m1/s1. The highest BCUT2D eigenvalue weighted by Gasteiger charge is 2.52. The fraction of sp³-hybridized carbons (Fsp3) is 0.375. The molecule has 200 valence electrons. The second kappa shape index (κ2) is 12.7. The first-order valence-electron chi connectivity index (χ1n) is 11.1. The molecular formula is C24H26FO11P. The minimum atomic E-state index is -4.43. The van der Waals surface area contributed by atoms with Crippen LogP contribution in [0.3, 0.4) is 0 Å². The first-order chi connectivity index (χ1) is 17.6. The van der Waals surface area contributed by atoms with Gasteiger partial charge in [-0.15, -0.1) is 0 Å². The normalized spacial score (nSPS) is 23.4. The van der Waals surface area contributed by atoms with Crippen molar-refractivity contribution in [3.8, 4) is 11.5 Å². The van der Waals surface area contributed by atoms with Crippen LogP contribution in [0.2, 0.25) is 0 Å². The molecule has 0 unspecified atom stereocenters. The van der Waals surface area contributed by atoms with E-state index in [-0.39, 0.29) is 11.5 Å². The number of alkyl halides is 1. The van der Waals surface area contributed by atoms with Gasteiger partial charge in [0.2, 0.25) is 12.5 Å². The lowest BCUT2D eigenvalue weighted by molar-refractivity contribution is -0.283. The van der Waals surface area contributed by atoms with Crippen molar-refractivity contribution in [2.45, 2.75) is 51.5 Å². The molecule has 37 heavy (non-hydrogen) atoms. The number of hydrogen-bond acceptors (Lipinski definition) is 11. The monoisotopic (exact) mass is 540 g/mol. The fourth-order valence-corrected chi connectivity index (χ4v) is 4.61. The van der Waals surface area contributed by atoms with Gasteiger partial charge in [0, 0.05) is 20.8 Å². The molecule has 2 aromatic carbocycles. The Balaban J connectivity index is 1.89. The number of phosphoric acid groups is 1. The molecule has 11 nitrogen and oxygen atoms in total. The van der Waals surface area contributed by atoms with Gasteiger partial charge in [-0.3, -0.25) is 18.9 Å². The Labute approximate surface area is 212 Å². The molecule has 0 aliphatic carbocycles. The number of hydrogen-bond donors (Lipinski definition) is 0. The Morgan fingerprint density at radius 1 is 0.784 bits per heavy atom. The van der Waals surface area contributed by atoms with E-state index in [2.05, 4.69) is 0 Å². The molecule has 1 aliphatic rings.